The van der Waals surface area contributed by atoms with Gasteiger partial charge in [0.05, 0.1) is 29.7 Å². The summed E-state index contributed by atoms with van der Waals surface area (Å²) < 4.78 is 28.0. The predicted molar refractivity (Wildman–Crippen MR) is 164 cm³/mol. The normalized spacial score (nSPS) is 24.6. The number of ether oxygens (including phenoxy) is 2. The van der Waals surface area contributed by atoms with Gasteiger partial charge in [-0.25, -0.2) is 4.39 Å². The lowest BCUT2D eigenvalue weighted by Gasteiger charge is -2.52. The highest BCUT2D eigenvalue weighted by Gasteiger charge is 2.61. The molecule has 3 aliphatic rings. The molecule has 0 aromatic heterocycles. The van der Waals surface area contributed by atoms with Crippen LogP contribution in [-0.4, -0.2) is 72.0 Å². The molecule has 0 saturated carbocycles. The monoisotopic (exact) mass is 621 g/mol. The first-order chi connectivity index (χ1) is 21.3. The number of halogens is 1. The molecule has 0 bridgehead atoms. The Morgan fingerprint density at radius 3 is 2.51 bits per heavy atom. The van der Waals surface area contributed by atoms with Crippen LogP contribution in [0.3, 0.4) is 0 Å². The summed E-state index contributed by atoms with van der Waals surface area (Å²) in [4.78, 5) is 42.2. The quantitative estimate of drug-likeness (QED) is 0.231. The zero-order valence-electron chi connectivity index (χ0n) is 26.1. The number of primary amides is 1. The number of aromatic hydroxyl groups is 1. The minimum atomic E-state index is -1.53. The maximum atomic E-state index is 16.1. The zero-order valence-corrected chi connectivity index (χ0v) is 26.1. The lowest BCUT2D eigenvalue weighted by atomic mass is 9.54. The lowest BCUT2D eigenvalue weighted by Crippen LogP contribution is -2.59. The Bertz CT molecular complexity index is 1600. The maximum absolute atomic E-state index is 16.1. The molecule has 11 heteroatoms. The number of carbonyl (C=O) groups excluding carboxylic acids is 3. The third-order valence-electron chi connectivity index (χ3n) is 9.18. The van der Waals surface area contributed by atoms with Crippen molar-refractivity contribution in [1.29, 1.82) is 0 Å². The molecule has 0 heterocycles. The average Bonchev–Trinajstić information content (AvgIpc) is 2.96. The first-order valence-electron chi connectivity index (χ1n) is 15.1. The van der Waals surface area contributed by atoms with Crippen molar-refractivity contribution in [2.45, 2.75) is 52.3 Å². The number of hydrogen-bond acceptors (Lipinski definition) is 9. The number of amides is 1. The number of phenols is 1. The molecule has 240 valence electrons. The number of nitrogens with zero attached hydrogens (tertiary/aromatic N) is 1. The van der Waals surface area contributed by atoms with Crippen LogP contribution < -0.4 is 15.8 Å². The number of nitrogens with one attached hydrogen (secondary N) is 1. The van der Waals surface area contributed by atoms with Crippen molar-refractivity contribution in [2.75, 3.05) is 27.2 Å². The lowest BCUT2D eigenvalue weighted by molar-refractivity contribution is -0.129. The smallest absolute Gasteiger partial charge is 0.255 e. The summed E-state index contributed by atoms with van der Waals surface area (Å²) in [6.07, 6.45) is 0.304. The fourth-order valence-corrected chi connectivity index (χ4v) is 7.11. The van der Waals surface area contributed by atoms with Crippen molar-refractivity contribution < 1.29 is 38.5 Å². The fourth-order valence-electron chi connectivity index (χ4n) is 7.11. The number of rotatable bonds is 10. The number of benzene rings is 2. The van der Waals surface area contributed by atoms with Gasteiger partial charge in [0.2, 0.25) is 0 Å². The van der Waals surface area contributed by atoms with Gasteiger partial charge in [-0.15, -0.1) is 0 Å². The Labute approximate surface area is 261 Å². The SMILES string of the molecule is CC(C)OCCNCc1cc(O)c2c(c1F)C[C@H]1C[C@H]3[C@H](N(C)C)C(=O)C(C(N)=O)=C(O)[C@@]3(C)C(Oc3ccccc3)=C1C2=O. The summed E-state index contributed by atoms with van der Waals surface area (Å²) in [6, 6.07) is 8.96. The van der Waals surface area contributed by atoms with Gasteiger partial charge < -0.3 is 30.7 Å². The van der Waals surface area contributed by atoms with Gasteiger partial charge in [-0.3, -0.25) is 19.3 Å². The Hall–Kier alpha value is -4.06. The van der Waals surface area contributed by atoms with Crippen LogP contribution in [0, 0.1) is 23.1 Å². The van der Waals surface area contributed by atoms with E-state index in [2.05, 4.69) is 5.32 Å². The van der Waals surface area contributed by atoms with Crippen LogP contribution in [0.15, 0.2) is 59.1 Å². The highest BCUT2D eigenvalue weighted by atomic mass is 19.1. The summed E-state index contributed by atoms with van der Waals surface area (Å²) in [5.41, 5.74) is 3.83. The third kappa shape index (κ3) is 5.53. The molecular formula is C34H40FN3O7. The van der Waals surface area contributed by atoms with E-state index in [1.165, 1.54) is 6.07 Å². The van der Waals surface area contributed by atoms with Crippen LogP contribution in [0.1, 0.15) is 48.7 Å². The Morgan fingerprint density at radius 1 is 1.20 bits per heavy atom. The van der Waals surface area contributed by atoms with E-state index in [0.29, 0.717) is 18.9 Å². The highest BCUT2D eigenvalue weighted by molar-refractivity contribution is 6.22. The van der Waals surface area contributed by atoms with Gasteiger partial charge in [-0.2, -0.15) is 0 Å². The fraction of sp³-hybridized carbons (Fsp3) is 0.441. The van der Waals surface area contributed by atoms with Gasteiger partial charge in [0.15, 0.2) is 11.6 Å². The van der Waals surface area contributed by atoms with Crippen LogP contribution in [0.25, 0.3) is 0 Å². The topological polar surface area (TPSA) is 151 Å². The largest absolute Gasteiger partial charge is 0.510 e. The van der Waals surface area contributed by atoms with Gasteiger partial charge >= 0.3 is 0 Å². The second-order valence-corrected chi connectivity index (χ2v) is 12.6. The highest BCUT2D eigenvalue weighted by Crippen LogP contribution is 2.58. The maximum Gasteiger partial charge on any atom is 0.255 e. The van der Waals surface area contributed by atoms with Crippen LogP contribution in [0.5, 0.6) is 11.5 Å². The molecule has 2 aromatic rings. The van der Waals surface area contributed by atoms with E-state index in [1.54, 1.807) is 56.3 Å². The van der Waals surface area contributed by atoms with E-state index >= 15 is 4.39 Å². The number of aliphatic hydroxyl groups excluding tert-OH is 1. The van der Waals surface area contributed by atoms with Crippen LogP contribution in [0.2, 0.25) is 0 Å². The summed E-state index contributed by atoms with van der Waals surface area (Å²) in [6.45, 7) is 6.48. The molecule has 45 heavy (non-hydrogen) atoms. The number of phenolic OH excluding ortho intramolecular Hbond substituents is 1. The Balaban J connectivity index is 1.67. The zero-order chi connectivity index (χ0) is 32.8. The number of likely N-dealkylation sites (N-methyl/N-ethyl adjacent to an activating group) is 1. The van der Waals surface area contributed by atoms with Gasteiger partial charge in [0.25, 0.3) is 5.91 Å². The molecule has 1 amide bonds. The summed E-state index contributed by atoms with van der Waals surface area (Å²) in [5, 5.41) is 25.9. The number of allylic oxidation sites excluding steroid dienone is 1. The Morgan fingerprint density at radius 2 is 1.89 bits per heavy atom. The average molecular weight is 622 g/mol. The number of hydrogen-bond donors (Lipinski definition) is 4. The summed E-state index contributed by atoms with van der Waals surface area (Å²) >= 11 is 0. The molecule has 0 radical (unpaired) electrons. The van der Waals surface area contributed by atoms with Gasteiger partial charge in [-0.05, 0) is 71.8 Å². The standard InChI is InChI=1S/C34H40FN3O7/c1-17(2)44-12-11-37-16-19-15-23(39)25-21(27(19)35)13-18-14-22-28(38(4)5)30(41)26(33(36)43)31(42)34(22,3)32(24(18)29(25)40)45-20-9-7-6-8-10-20/h6-10,15,17-18,22,28,37,39,42H,11-14,16H2,1-5H3,(H2,36,43)/t18-,22-,28-,34-/m0/s1. The van der Waals surface area contributed by atoms with Crippen molar-refractivity contribution in [3.05, 3.63) is 81.6 Å². The third-order valence-corrected chi connectivity index (χ3v) is 9.18. The van der Waals surface area contributed by atoms with Crippen LogP contribution in [-0.2, 0) is 27.3 Å². The molecule has 0 spiro atoms. The van der Waals surface area contributed by atoms with E-state index in [4.69, 9.17) is 15.2 Å². The van der Waals surface area contributed by atoms with Crippen molar-refractivity contribution in [2.24, 2.45) is 23.0 Å². The van der Waals surface area contributed by atoms with Crippen molar-refractivity contribution >= 4 is 17.5 Å². The van der Waals surface area contributed by atoms with Crippen LogP contribution >= 0.6 is 0 Å². The molecule has 5 N–H and O–H groups in total. The minimum Gasteiger partial charge on any atom is -0.510 e. The van der Waals surface area contributed by atoms with Crippen LogP contribution in [0.4, 0.5) is 4.39 Å². The summed E-state index contributed by atoms with van der Waals surface area (Å²) in [5.74, 6) is -4.79. The molecule has 0 aliphatic heterocycles. The van der Waals surface area contributed by atoms with Gasteiger partial charge in [0.1, 0.15) is 34.4 Å². The Kier molecular flexibility index (Phi) is 8.90. The number of fused-ring (bicyclic) bond motifs is 3. The second kappa shape index (κ2) is 12.4. The molecule has 2 aromatic carbocycles. The van der Waals surface area contributed by atoms with Crippen molar-refractivity contribution in [3.63, 3.8) is 0 Å². The van der Waals surface area contributed by atoms with Gasteiger partial charge in [0, 0.05) is 35.7 Å². The van der Waals surface area contributed by atoms with Crippen molar-refractivity contribution in [3.8, 4) is 11.5 Å². The molecular weight excluding hydrogens is 581 g/mol. The van der Waals surface area contributed by atoms with E-state index in [9.17, 15) is 24.6 Å². The predicted octanol–water partition coefficient (Wildman–Crippen LogP) is 3.57. The molecule has 0 unspecified atom stereocenters. The molecule has 0 saturated heterocycles. The first-order valence-corrected chi connectivity index (χ1v) is 15.1. The van der Waals surface area contributed by atoms with E-state index < -0.39 is 57.9 Å². The number of para-hydroxylation sites is 1. The van der Waals surface area contributed by atoms with E-state index in [0.717, 1.165) is 0 Å². The first kappa shape index (κ1) is 32.3. The minimum absolute atomic E-state index is 0.0388. The van der Waals surface area contributed by atoms with E-state index in [1.807, 2.05) is 13.8 Å². The number of carbonyl (C=O) groups is 3. The molecule has 3 aliphatic carbocycles. The molecule has 10 nitrogen and oxygen atoms in total. The molecule has 4 atom stereocenters. The number of ketones is 2. The number of Topliss-reactive ketones (excluding diaryl/α,β-unsaturated/α-hetero) is 2. The summed E-state index contributed by atoms with van der Waals surface area (Å²) in [7, 11) is 3.37. The van der Waals surface area contributed by atoms with Crippen molar-refractivity contribution in [1.82, 2.24) is 10.2 Å². The second-order valence-electron chi connectivity index (χ2n) is 12.6. The number of nitrogens with two attached hydrogens (primary N) is 1. The van der Waals surface area contributed by atoms with Gasteiger partial charge in [-0.1, -0.05) is 18.2 Å². The van der Waals surface area contributed by atoms with E-state index in [-0.39, 0.29) is 59.3 Å². The molecule has 0 fully saturated rings. The molecule has 5 rings (SSSR count). The number of aliphatic hydroxyl groups is 1.